The first-order valence-electron chi connectivity index (χ1n) is 8.34. The van der Waals surface area contributed by atoms with Crippen LogP contribution in [0.4, 0.5) is 4.39 Å². The van der Waals surface area contributed by atoms with Gasteiger partial charge >= 0.3 is 0 Å². The van der Waals surface area contributed by atoms with Gasteiger partial charge in [-0.2, -0.15) is 0 Å². The molecule has 0 fully saturated rings. The van der Waals surface area contributed by atoms with Crippen LogP contribution >= 0.6 is 15.9 Å². The molecule has 0 aromatic heterocycles. The molecule has 0 saturated heterocycles. The lowest BCUT2D eigenvalue weighted by Crippen LogP contribution is -1.87. The minimum atomic E-state index is -0.740. The molecular weight excluding hydrogens is 307 g/mol. The monoisotopic (exact) mass is 322 g/mol. The molecule has 1 nitrogen and oxygen atoms in total. The Bertz CT molecular complexity index is 1050. The fourth-order valence-electron chi connectivity index (χ4n) is 1.85. The molecule has 0 unspecified atom stereocenters. The summed E-state index contributed by atoms with van der Waals surface area (Å²) in [6.45, 7) is 0. The Labute approximate surface area is 126 Å². The van der Waals surface area contributed by atoms with E-state index in [1.807, 2.05) is 0 Å². The molecule has 3 heteroatoms. The van der Waals surface area contributed by atoms with Crippen molar-refractivity contribution in [1.29, 1.82) is 0 Å². The average Bonchev–Trinajstić information content (AvgIpc) is 2.56. The molecular formula is C16H10BrFO. The first-order chi connectivity index (χ1) is 11.7. The number of fused-ring (bicyclic) bond motifs is 1. The van der Waals surface area contributed by atoms with Gasteiger partial charge in [0.25, 0.3) is 0 Å². The van der Waals surface area contributed by atoms with Crippen molar-refractivity contribution in [3.63, 3.8) is 0 Å². The van der Waals surface area contributed by atoms with Crippen molar-refractivity contribution in [1.82, 2.24) is 0 Å². The third-order valence-corrected chi connectivity index (χ3v) is 3.17. The zero-order valence-electron chi connectivity index (χ0n) is 15.4. The number of benzene rings is 3. The number of phenolic OH excluding ortho intramolecular Hbond substituents is 1. The van der Waals surface area contributed by atoms with Gasteiger partial charge in [0.1, 0.15) is 11.6 Å². The van der Waals surface area contributed by atoms with E-state index < -0.39 is 47.8 Å². The quantitative estimate of drug-likeness (QED) is 0.659. The highest BCUT2D eigenvalue weighted by Gasteiger charge is 2.13. The van der Waals surface area contributed by atoms with E-state index in [0.29, 0.717) is 4.47 Å². The van der Waals surface area contributed by atoms with E-state index in [9.17, 15) is 9.50 Å². The topological polar surface area (TPSA) is 20.2 Å². The van der Waals surface area contributed by atoms with Crippen LogP contribution in [-0.2, 0) is 0 Å². The van der Waals surface area contributed by atoms with Crippen LogP contribution in [0.25, 0.3) is 21.9 Å². The molecule has 0 aliphatic heterocycles. The minimum absolute atomic E-state index is 0.121. The summed E-state index contributed by atoms with van der Waals surface area (Å²) in [4.78, 5) is 0. The van der Waals surface area contributed by atoms with Crippen LogP contribution in [-0.4, -0.2) is 5.11 Å². The molecule has 0 bridgehead atoms. The molecule has 1 N–H and O–H groups in total. The molecule has 0 aliphatic rings. The Morgan fingerprint density at radius 3 is 2.68 bits per heavy atom. The molecule has 0 spiro atoms. The maximum absolute atomic E-state index is 14.4. The van der Waals surface area contributed by atoms with E-state index in [1.54, 1.807) is 0 Å². The molecule has 0 amide bonds. The van der Waals surface area contributed by atoms with Crippen LogP contribution in [0.5, 0.6) is 5.75 Å². The van der Waals surface area contributed by atoms with E-state index in [2.05, 4.69) is 15.9 Å². The SMILES string of the molecule is [2H]c1c([2H])c([2H])c2c(-c3ccc(Br)cc3F)c(O)c([2H])c([2H])c2c1[2H]. The van der Waals surface area contributed by atoms with Crippen molar-refractivity contribution in [3.8, 4) is 16.9 Å². The summed E-state index contributed by atoms with van der Waals surface area (Å²) in [5, 5.41) is 9.94. The lowest BCUT2D eigenvalue weighted by Gasteiger charge is -2.10. The van der Waals surface area contributed by atoms with Crippen molar-refractivity contribution in [2.45, 2.75) is 0 Å². The number of aromatic hydroxyl groups is 1. The van der Waals surface area contributed by atoms with Crippen LogP contribution in [0.15, 0.2) is 58.9 Å². The summed E-state index contributed by atoms with van der Waals surface area (Å²) in [5.74, 6) is -1.45. The van der Waals surface area contributed by atoms with Gasteiger partial charge in [-0.1, -0.05) is 52.2 Å². The van der Waals surface area contributed by atoms with Gasteiger partial charge in [0.15, 0.2) is 0 Å². The molecule has 94 valence electrons. The largest absolute Gasteiger partial charge is 0.507 e. The van der Waals surface area contributed by atoms with Gasteiger partial charge in [0.05, 0.1) is 8.22 Å². The van der Waals surface area contributed by atoms with Gasteiger partial charge in [-0.15, -0.1) is 0 Å². The highest BCUT2D eigenvalue weighted by Crippen LogP contribution is 2.38. The van der Waals surface area contributed by atoms with Crippen molar-refractivity contribution in [2.24, 2.45) is 0 Å². The van der Waals surface area contributed by atoms with Gasteiger partial charge in [-0.05, 0) is 28.9 Å². The second-order valence-electron chi connectivity index (χ2n) is 3.85. The van der Waals surface area contributed by atoms with Gasteiger partial charge < -0.3 is 5.11 Å². The van der Waals surface area contributed by atoms with Crippen molar-refractivity contribution in [3.05, 3.63) is 64.7 Å². The van der Waals surface area contributed by atoms with Gasteiger partial charge in [0, 0.05) is 15.6 Å². The molecule has 3 aromatic carbocycles. The molecule has 3 aromatic rings. The Hall–Kier alpha value is -1.87. The van der Waals surface area contributed by atoms with Crippen molar-refractivity contribution < 1.29 is 17.7 Å². The summed E-state index contributed by atoms with van der Waals surface area (Å²) in [5.41, 5.74) is -0.350. The third kappa shape index (κ3) is 2.10. The van der Waals surface area contributed by atoms with Crippen LogP contribution in [0.2, 0.25) is 0 Å². The standard InChI is InChI=1S/C16H10BrFO/c17-11-6-7-13(14(18)9-11)16-12-4-2-1-3-10(12)5-8-15(16)19/h1-9,19H/i1D,2D,3D,4D,5D,8D. The smallest absolute Gasteiger partial charge is 0.132 e. The van der Waals surface area contributed by atoms with E-state index in [-0.39, 0.29) is 21.9 Å². The fraction of sp³-hybridized carbons (Fsp3) is 0. The van der Waals surface area contributed by atoms with Crippen LogP contribution < -0.4 is 0 Å². The predicted molar refractivity (Wildman–Crippen MR) is 78.7 cm³/mol. The Kier molecular flexibility index (Phi) is 1.73. The van der Waals surface area contributed by atoms with Crippen LogP contribution in [0.3, 0.4) is 0 Å². The van der Waals surface area contributed by atoms with E-state index in [4.69, 9.17) is 8.22 Å². The normalized spacial score (nSPS) is 15.3. The van der Waals surface area contributed by atoms with E-state index in [0.717, 1.165) is 6.07 Å². The summed E-state index contributed by atoms with van der Waals surface area (Å²) < 4.78 is 62.5. The first kappa shape index (κ1) is 7.06. The van der Waals surface area contributed by atoms with Crippen LogP contribution in [0, 0.1) is 5.82 Å². The van der Waals surface area contributed by atoms with Crippen LogP contribution in [0.1, 0.15) is 8.22 Å². The van der Waals surface area contributed by atoms with Crippen molar-refractivity contribution in [2.75, 3.05) is 0 Å². The van der Waals surface area contributed by atoms with E-state index in [1.165, 1.54) is 12.1 Å². The highest BCUT2D eigenvalue weighted by atomic mass is 79.9. The number of halogens is 2. The lowest BCUT2D eigenvalue weighted by atomic mass is 9.97. The molecule has 3 rings (SSSR count). The summed E-state index contributed by atoms with van der Waals surface area (Å²) >= 11 is 3.12. The predicted octanol–water partition coefficient (Wildman–Crippen LogP) is 5.11. The van der Waals surface area contributed by atoms with E-state index >= 15 is 0 Å². The summed E-state index contributed by atoms with van der Waals surface area (Å²) in [6, 6.07) is 0.684. The number of phenols is 1. The maximum atomic E-state index is 14.4. The number of hydrogen-bond donors (Lipinski definition) is 1. The molecule has 0 aliphatic carbocycles. The van der Waals surface area contributed by atoms with Gasteiger partial charge in [-0.25, -0.2) is 4.39 Å². The third-order valence-electron chi connectivity index (χ3n) is 2.68. The van der Waals surface area contributed by atoms with Gasteiger partial charge in [0.2, 0.25) is 0 Å². The Morgan fingerprint density at radius 1 is 1.11 bits per heavy atom. The Morgan fingerprint density at radius 2 is 1.89 bits per heavy atom. The van der Waals surface area contributed by atoms with Crippen molar-refractivity contribution >= 4 is 26.7 Å². The zero-order chi connectivity index (χ0) is 18.6. The molecule has 0 saturated carbocycles. The maximum Gasteiger partial charge on any atom is 0.132 e. The number of rotatable bonds is 1. The summed E-state index contributed by atoms with van der Waals surface area (Å²) in [7, 11) is 0. The Balaban J connectivity index is 2.64. The first-order valence-corrected chi connectivity index (χ1v) is 6.13. The second-order valence-corrected chi connectivity index (χ2v) is 4.76. The molecule has 0 atom stereocenters. The molecule has 19 heavy (non-hydrogen) atoms. The minimum Gasteiger partial charge on any atom is -0.507 e. The van der Waals surface area contributed by atoms with Gasteiger partial charge in [-0.3, -0.25) is 0 Å². The fourth-order valence-corrected chi connectivity index (χ4v) is 2.18. The second kappa shape index (κ2) is 4.67. The molecule has 0 heterocycles. The highest BCUT2D eigenvalue weighted by molar-refractivity contribution is 9.10. The zero-order valence-corrected chi connectivity index (χ0v) is 11.0. The summed E-state index contributed by atoms with van der Waals surface area (Å²) in [6.07, 6.45) is 0. The average molecular weight is 323 g/mol. The number of hydrogen-bond acceptors (Lipinski definition) is 1. The molecule has 0 radical (unpaired) electrons. The lowest BCUT2D eigenvalue weighted by molar-refractivity contribution is 0.477.